The second-order valence-electron chi connectivity index (χ2n) is 2.76. The van der Waals surface area contributed by atoms with Crippen molar-refractivity contribution in [2.24, 2.45) is 5.29 Å². The van der Waals surface area contributed by atoms with Gasteiger partial charge in [-0.25, -0.2) is 0 Å². The zero-order chi connectivity index (χ0) is 7.56. The predicted octanol–water partition coefficient (Wildman–Crippen LogP) is 0.777. The smallest absolute Gasteiger partial charge is 0.0963 e. The fourth-order valence-corrected chi connectivity index (χ4v) is 0.954. The molecule has 0 N–H and O–H groups in total. The van der Waals surface area contributed by atoms with Crippen LogP contribution in [0.1, 0.15) is 13.8 Å². The fourth-order valence-electron chi connectivity index (χ4n) is 0.954. The van der Waals surface area contributed by atoms with Gasteiger partial charge in [-0.05, 0) is 13.8 Å². The van der Waals surface area contributed by atoms with Crippen LogP contribution in [0, 0.1) is 4.91 Å². The molecule has 0 radical (unpaired) electrons. The van der Waals surface area contributed by atoms with Gasteiger partial charge in [0.15, 0.2) is 0 Å². The summed E-state index contributed by atoms with van der Waals surface area (Å²) in [6, 6.07) is 0. The topological polar surface area (TPSA) is 41.9 Å². The predicted molar refractivity (Wildman–Crippen MR) is 37.4 cm³/mol. The SMILES string of the molecule is CC(C)OC1CN(N=O)C1. The number of ether oxygens (including phenoxy) is 1. The summed E-state index contributed by atoms with van der Waals surface area (Å²) in [7, 11) is 0. The zero-order valence-electron chi connectivity index (χ0n) is 6.28. The maximum atomic E-state index is 9.84. The van der Waals surface area contributed by atoms with Crippen molar-refractivity contribution < 1.29 is 4.74 Å². The van der Waals surface area contributed by atoms with Gasteiger partial charge in [0.1, 0.15) is 0 Å². The summed E-state index contributed by atoms with van der Waals surface area (Å²) < 4.78 is 5.38. The van der Waals surface area contributed by atoms with Crippen molar-refractivity contribution in [1.82, 2.24) is 5.01 Å². The van der Waals surface area contributed by atoms with Crippen molar-refractivity contribution in [2.75, 3.05) is 13.1 Å². The number of rotatable bonds is 3. The average Bonchev–Trinajstić information content (AvgIpc) is 1.76. The van der Waals surface area contributed by atoms with Gasteiger partial charge in [0, 0.05) is 0 Å². The Labute approximate surface area is 60.1 Å². The molecule has 0 unspecified atom stereocenters. The van der Waals surface area contributed by atoms with E-state index >= 15 is 0 Å². The van der Waals surface area contributed by atoms with Crippen molar-refractivity contribution in [3.05, 3.63) is 4.91 Å². The van der Waals surface area contributed by atoms with Gasteiger partial charge in [-0.2, -0.15) is 0 Å². The first-order valence-electron chi connectivity index (χ1n) is 3.46. The third-order valence-corrected chi connectivity index (χ3v) is 1.41. The van der Waals surface area contributed by atoms with Gasteiger partial charge in [-0.3, -0.25) is 5.01 Å². The molecule has 4 heteroatoms. The Balaban J connectivity index is 2.08. The van der Waals surface area contributed by atoms with E-state index in [0.29, 0.717) is 13.1 Å². The van der Waals surface area contributed by atoms with Crippen LogP contribution in [0.3, 0.4) is 0 Å². The first-order chi connectivity index (χ1) is 4.72. The third-order valence-electron chi connectivity index (χ3n) is 1.41. The highest BCUT2D eigenvalue weighted by Gasteiger charge is 2.27. The molecule has 1 saturated heterocycles. The molecule has 0 spiro atoms. The minimum atomic E-state index is 0.220. The summed E-state index contributed by atoms with van der Waals surface area (Å²) in [5.74, 6) is 0. The second-order valence-corrected chi connectivity index (χ2v) is 2.76. The Bertz CT molecular complexity index is 121. The Morgan fingerprint density at radius 1 is 1.60 bits per heavy atom. The van der Waals surface area contributed by atoms with E-state index in [0.717, 1.165) is 0 Å². The first-order valence-corrected chi connectivity index (χ1v) is 3.46. The molecule has 10 heavy (non-hydrogen) atoms. The Kier molecular flexibility index (Phi) is 2.21. The Morgan fingerprint density at radius 2 is 2.20 bits per heavy atom. The van der Waals surface area contributed by atoms with Gasteiger partial charge in [-0.1, -0.05) is 0 Å². The lowest BCUT2D eigenvalue weighted by Crippen LogP contribution is -2.49. The van der Waals surface area contributed by atoms with E-state index in [9.17, 15) is 4.91 Å². The summed E-state index contributed by atoms with van der Waals surface area (Å²) in [6.45, 7) is 5.28. The molecule has 4 nitrogen and oxygen atoms in total. The summed E-state index contributed by atoms with van der Waals surface area (Å²) >= 11 is 0. The van der Waals surface area contributed by atoms with E-state index in [-0.39, 0.29) is 12.2 Å². The highest BCUT2D eigenvalue weighted by Crippen LogP contribution is 2.12. The molecule has 1 heterocycles. The van der Waals surface area contributed by atoms with Crippen LogP contribution < -0.4 is 0 Å². The normalized spacial score (nSPS) is 19.3. The minimum Gasteiger partial charge on any atom is -0.372 e. The lowest BCUT2D eigenvalue weighted by atomic mass is 10.2. The molecule has 0 amide bonds. The summed E-state index contributed by atoms with van der Waals surface area (Å²) in [6.07, 6.45) is 0.469. The van der Waals surface area contributed by atoms with E-state index in [1.807, 2.05) is 13.8 Å². The highest BCUT2D eigenvalue weighted by molar-refractivity contribution is 4.77. The molecule has 58 valence electrons. The summed E-state index contributed by atoms with van der Waals surface area (Å²) in [5, 5.41) is 4.21. The molecule has 0 atom stereocenters. The average molecular weight is 144 g/mol. The van der Waals surface area contributed by atoms with E-state index in [4.69, 9.17) is 4.74 Å². The van der Waals surface area contributed by atoms with Crippen LogP contribution in [-0.4, -0.2) is 30.3 Å². The molecule has 1 aliphatic heterocycles. The summed E-state index contributed by atoms with van der Waals surface area (Å²) in [4.78, 5) is 9.84. The quantitative estimate of drug-likeness (QED) is 0.549. The number of hydrogen-bond donors (Lipinski definition) is 0. The van der Waals surface area contributed by atoms with Gasteiger partial charge >= 0.3 is 0 Å². The monoisotopic (exact) mass is 144 g/mol. The van der Waals surface area contributed by atoms with E-state index in [1.54, 1.807) is 0 Å². The molecule has 1 rings (SSSR count). The van der Waals surface area contributed by atoms with Gasteiger partial charge in [0.25, 0.3) is 0 Å². The highest BCUT2D eigenvalue weighted by atomic mass is 16.5. The van der Waals surface area contributed by atoms with Crippen LogP contribution in [0.4, 0.5) is 0 Å². The van der Waals surface area contributed by atoms with Crippen molar-refractivity contribution in [3.63, 3.8) is 0 Å². The standard InChI is InChI=1S/C6H12N2O2/c1-5(2)10-6-3-8(4-6)7-9/h5-6H,3-4H2,1-2H3. The van der Waals surface area contributed by atoms with E-state index in [2.05, 4.69) is 5.29 Å². The van der Waals surface area contributed by atoms with Gasteiger partial charge in [0.2, 0.25) is 0 Å². The van der Waals surface area contributed by atoms with Gasteiger partial charge in [0.05, 0.1) is 30.6 Å². The first kappa shape index (κ1) is 7.47. The van der Waals surface area contributed by atoms with Crippen molar-refractivity contribution >= 4 is 0 Å². The van der Waals surface area contributed by atoms with Crippen LogP contribution in [0.5, 0.6) is 0 Å². The maximum absolute atomic E-state index is 9.84. The van der Waals surface area contributed by atoms with E-state index < -0.39 is 0 Å². The van der Waals surface area contributed by atoms with Gasteiger partial charge in [-0.15, -0.1) is 4.91 Å². The van der Waals surface area contributed by atoms with Crippen molar-refractivity contribution in [3.8, 4) is 0 Å². The molecule has 1 aliphatic rings. The zero-order valence-corrected chi connectivity index (χ0v) is 6.28. The van der Waals surface area contributed by atoms with Crippen LogP contribution >= 0.6 is 0 Å². The minimum absolute atomic E-state index is 0.220. The van der Waals surface area contributed by atoms with Crippen molar-refractivity contribution in [2.45, 2.75) is 26.1 Å². The molecule has 0 aliphatic carbocycles. The molecule has 0 aromatic carbocycles. The van der Waals surface area contributed by atoms with E-state index in [1.165, 1.54) is 5.01 Å². The molecular formula is C6H12N2O2. The number of nitroso groups, excluding NO2 is 1. The number of hydrogen-bond acceptors (Lipinski definition) is 3. The molecular weight excluding hydrogens is 132 g/mol. The Hall–Kier alpha value is -0.640. The fraction of sp³-hybridized carbons (Fsp3) is 1.00. The molecule has 0 bridgehead atoms. The second kappa shape index (κ2) is 2.96. The largest absolute Gasteiger partial charge is 0.372 e. The molecule has 0 aromatic rings. The lowest BCUT2D eigenvalue weighted by molar-refractivity contribution is -0.0804. The molecule has 0 saturated carbocycles. The van der Waals surface area contributed by atoms with Gasteiger partial charge < -0.3 is 4.74 Å². The van der Waals surface area contributed by atoms with Crippen LogP contribution in [0.2, 0.25) is 0 Å². The third kappa shape index (κ3) is 1.67. The Morgan fingerprint density at radius 3 is 2.60 bits per heavy atom. The molecule has 0 aromatic heterocycles. The van der Waals surface area contributed by atoms with Crippen LogP contribution in [0.25, 0.3) is 0 Å². The number of nitrogens with zero attached hydrogens (tertiary/aromatic N) is 2. The van der Waals surface area contributed by atoms with Crippen molar-refractivity contribution in [1.29, 1.82) is 0 Å². The lowest BCUT2D eigenvalue weighted by Gasteiger charge is -2.34. The van der Waals surface area contributed by atoms with Crippen LogP contribution in [0.15, 0.2) is 5.29 Å². The summed E-state index contributed by atoms with van der Waals surface area (Å²) in [5.41, 5.74) is 0. The molecule has 1 fully saturated rings. The van der Waals surface area contributed by atoms with Crippen LogP contribution in [-0.2, 0) is 4.74 Å². The maximum Gasteiger partial charge on any atom is 0.0963 e.